The van der Waals surface area contributed by atoms with E-state index in [1.807, 2.05) is 13.0 Å². The molecule has 2 aromatic carbocycles. The number of hydrogen-bond donors (Lipinski definition) is 0. The van der Waals surface area contributed by atoms with Crippen molar-refractivity contribution in [1.29, 1.82) is 0 Å². The number of thioether (sulfide) groups is 1. The fourth-order valence-electron chi connectivity index (χ4n) is 2.64. The summed E-state index contributed by atoms with van der Waals surface area (Å²) in [7, 11) is 1.41. The van der Waals surface area contributed by atoms with Gasteiger partial charge in [0.2, 0.25) is 0 Å². The van der Waals surface area contributed by atoms with E-state index >= 15 is 0 Å². The summed E-state index contributed by atoms with van der Waals surface area (Å²) < 4.78 is 30.1. The standard InChI is InChI=1S/C21H21FO4S/c1-3-8-25-19-13-20-21(27-10-9-26-20)12-15(19)17(23)6-4-14-5-7-18(24-2)16(22)11-14/h4-7,11-13H,3,8-10H2,1-2H3. The van der Waals surface area contributed by atoms with Crippen LogP contribution in [0.15, 0.2) is 41.3 Å². The molecule has 3 rings (SSSR count). The molecule has 4 nitrogen and oxygen atoms in total. The lowest BCUT2D eigenvalue weighted by Gasteiger charge is -2.19. The number of allylic oxidation sites excluding steroid dienone is 1. The molecule has 0 saturated heterocycles. The van der Waals surface area contributed by atoms with Crippen LogP contribution < -0.4 is 14.2 Å². The second kappa shape index (κ2) is 8.95. The lowest BCUT2D eigenvalue weighted by molar-refractivity contribution is 0.104. The Morgan fingerprint density at radius 3 is 2.89 bits per heavy atom. The van der Waals surface area contributed by atoms with E-state index in [0.29, 0.717) is 30.1 Å². The highest BCUT2D eigenvalue weighted by Crippen LogP contribution is 2.38. The van der Waals surface area contributed by atoms with Gasteiger partial charge >= 0.3 is 0 Å². The normalized spacial score (nSPS) is 13.1. The molecular weight excluding hydrogens is 367 g/mol. The Kier molecular flexibility index (Phi) is 6.40. The third-order valence-corrected chi connectivity index (χ3v) is 4.98. The molecule has 1 aliphatic rings. The van der Waals surface area contributed by atoms with Gasteiger partial charge in [-0.15, -0.1) is 11.8 Å². The van der Waals surface area contributed by atoms with Gasteiger partial charge in [-0.2, -0.15) is 0 Å². The third-order valence-electron chi connectivity index (χ3n) is 3.97. The van der Waals surface area contributed by atoms with E-state index in [1.165, 1.54) is 25.3 Å². The lowest BCUT2D eigenvalue weighted by atomic mass is 10.1. The van der Waals surface area contributed by atoms with E-state index in [0.717, 1.165) is 22.8 Å². The van der Waals surface area contributed by atoms with Crippen LogP contribution in [0.5, 0.6) is 17.2 Å². The number of fused-ring (bicyclic) bond motifs is 1. The molecule has 0 amide bonds. The number of ketones is 1. The van der Waals surface area contributed by atoms with Crippen molar-refractivity contribution < 1.29 is 23.4 Å². The summed E-state index contributed by atoms with van der Waals surface area (Å²) in [5.74, 6) is 1.59. The zero-order valence-corrected chi connectivity index (χ0v) is 16.1. The van der Waals surface area contributed by atoms with E-state index < -0.39 is 5.82 Å². The summed E-state index contributed by atoms with van der Waals surface area (Å²) in [5, 5.41) is 0. The van der Waals surface area contributed by atoms with E-state index in [9.17, 15) is 9.18 Å². The first kappa shape index (κ1) is 19.3. The van der Waals surface area contributed by atoms with Crippen molar-refractivity contribution in [3.63, 3.8) is 0 Å². The Hall–Kier alpha value is -2.47. The lowest BCUT2D eigenvalue weighted by Crippen LogP contribution is -2.10. The molecule has 1 heterocycles. The van der Waals surface area contributed by atoms with Gasteiger partial charge in [0.25, 0.3) is 0 Å². The fourth-order valence-corrected chi connectivity index (χ4v) is 3.49. The SMILES string of the molecule is CCCOc1cc2c(cc1C(=O)C=Cc1ccc(OC)c(F)c1)SCCO2. The average molecular weight is 388 g/mol. The van der Waals surface area contributed by atoms with E-state index in [-0.39, 0.29) is 11.5 Å². The molecule has 0 atom stereocenters. The van der Waals surface area contributed by atoms with Crippen LogP contribution in [0.4, 0.5) is 4.39 Å². The van der Waals surface area contributed by atoms with Gasteiger partial charge in [-0.3, -0.25) is 4.79 Å². The molecule has 0 radical (unpaired) electrons. The number of benzene rings is 2. The minimum atomic E-state index is -0.471. The number of methoxy groups -OCH3 is 1. The van der Waals surface area contributed by atoms with Gasteiger partial charge < -0.3 is 14.2 Å². The molecule has 0 N–H and O–H groups in total. The van der Waals surface area contributed by atoms with Gasteiger partial charge in [-0.05, 0) is 36.3 Å². The minimum Gasteiger partial charge on any atom is -0.494 e. The van der Waals surface area contributed by atoms with Gasteiger partial charge in [0, 0.05) is 11.8 Å². The molecule has 0 unspecified atom stereocenters. The number of halogens is 1. The van der Waals surface area contributed by atoms with Crippen LogP contribution in [0.2, 0.25) is 0 Å². The first-order chi connectivity index (χ1) is 13.1. The predicted molar refractivity (Wildman–Crippen MR) is 105 cm³/mol. The third kappa shape index (κ3) is 4.63. The van der Waals surface area contributed by atoms with Crippen molar-refractivity contribution in [3.05, 3.63) is 53.4 Å². The van der Waals surface area contributed by atoms with Gasteiger partial charge in [0.15, 0.2) is 17.3 Å². The number of carbonyl (C=O) groups is 1. The Balaban J connectivity index is 1.87. The second-order valence-corrected chi connectivity index (χ2v) is 7.07. The van der Waals surface area contributed by atoms with Crippen LogP contribution in [0.1, 0.15) is 29.3 Å². The molecule has 0 aromatic heterocycles. The second-order valence-electron chi connectivity index (χ2n) is 5.93. The molecule has 27 heavy (non-hydrogen) atoms. The van der Waals surface area contributed by atoms with Crippen molar-refractivity contribution in [3.8, 4) is 17.2 Å². The Labute approximate surface area is 162 Å². The fraction of sp³-hybridized carbons (Fsp3) is 0.286. The molecule has 0 saturated carbocycles. The number of ether oxygens (including phenoxy) is 3. The Morgan fingerprint density at radius 1 is 1.30 bits per heavy atom. The number of rotatable bonds is 7. The molecule has 0 bridgehead atoms. The average Bonchev–Trinajstić information content (AvgIpc) is 2.69. The van der Waals surface area contributed by atoms with Crippen LogP contribution in [-0.2, 0) is 0 Å². The first-order valence-electron chi connectivity index (χ1n) is 8.74. The van der Waals surface area contributed by atoms with Crippen LogP contribution in [-0.4, -0.2) is 31.9 Å². The van der Waals surface area contributed by atoms with Crippen molar-refractivity contribution in [2.75, 3.05) is 26.1 Å². The van der Waals surface area contributed by atoms with Crippen molar-refractivity contribution in [2.24, 2.45) is 0 Å². The summed E-state index contributed by atoms with van der Waals surface area (Å²) in [6, 6.07) is 8.14. The van der Waals surface area contributed by atoms with E-state index in [4.69, 9.17) is 14.2 Å². The molecule has 6 heteroatoms. The van der Waals surface area contributed by atoms with Gasteiger partial charge in [0.1, 0.15) is 11.5 Å². The van der Waals surface area contributed by atoms with Gasteiger partial charge in [-0.25, -0.2) is 4.39 Å². The number of hydrogen-bond acceptors (Lipinski definition) is 5. The van der Waals surface area contributed by atoms with Crippen molar-refractivity contribution >= 4 is 23.6 Å². The topological polar surface area (TPSA) is 44.8 Å². The Morgan fingerprint density at radius 2 is 2.15 bits per heavy atom. The monoisotopic (exact) mass is 388 g/mol. The Bertz CT molecular complexity index is 864. The van der Waals surface area contributed by atoms with E-state index in [1.54, 1.807) is 30.0 Å². The van der Waals surface area contributed by atoms with E-state index in [2.05, 4.69) is 0 Å². The maximum atomic E-state index is 13.8. The smallest absolute Gasteiger partial charge is 0.189 e. The largest absolute Gasteiger partial charge is 0.494 e. The van der Waals surface area contributed by atoms with Crippen LogP contribution in [0, 0.1) is 5.82 Å². The van der Waals surface area contributed by atoms with Crippen molar-refractivity contribution in [1.82, 2.24) is 0 Å². The zero-order valence-electron chi connectivity index (χ0n) is 15.3. The zero-order chi connectivity index (χ0) is 19.2. The maximum Gasteiger partial charge on any atom is 0.189 e. The van der Waals surface area contributed by atoms with Gasteiger partial charge in [0.05, 0.1) is 30.8 Å². The highest BCUT2D eigenvalue weighted by atomic mass is 32.2. The van der Waals surface area contributed by atoms with Crippen molar-refractivity contribution in [2.45, 2.75) is 18.2 Å². The first-order valence-corrected chi connectivity index (χ1v) is 9.73. The minimum absolute atomic E-state index is 0.167. The van der Waals surface area contributed by atoms with Gasteiger partial charge in [-0.1, -0.05) is 19.1 Å². The van der Waals surface area contributed by atoms with Crippen LogP contribution >= 0.6 is 11.8 Å². The summed E-state index contributed by atoms with van der Waals surface area (Å²) in [5.41, 5.74) is 1.05. The summed E-state index contributed by atoms with van der Waals surface area (Å²) >= 11 is 1.65. The predicted octanol–water partition coefficient (Wildman–Crippen LogP) is 5.00. The highest BCUT2D eigenvalue weighted by molar-refractivity contribution is 7.99. The molecule has 0 spiro atoms. The molecule has 0 fully saturated rings. The quantitative estimate of drug-likeness (QED) is 0.493. The molecule has 142 valence electrons. The molecule has 0 aliphatic carbocycles. The summed E-state index contributed by atoms with van der Waals surface area (Å²) in [6.07, 6.45) is 3.84. The molecular formula is C21H21FO4S. The highest BCUT2D eigenvalue weighted by Gasteiger charge is 2.19. The van der Waals surface area contributed by atoms with Crippen LogP contribution in [0.25, 0.3) is 6.08 Å². The summed E-state index contributed by atoms with van der Waals surface area (Å²) in [6.45, 7) is 3.16. The number of carbonyl (C=O) groups excluding carboxylic acids is 1. The molecule has 1 aliphatic heterocycles. The van der Waals surface area contributed by atoms with Crippen LogP contribution in [0.3, 0.4) is 0 Å². The maximum absolute atomic E-state index is 13.8. The molecule has 2 aromatic rings. The summed E-state index contributed by atoms with van der Waals surface area (Å²) in [4.78, 5) is 13.7.